The van der Waals surface area contributed by atoms with Gasteiger partial charge in [-0.25, -0.2) is 0 Å². The van der Waals surface area contributed by atoms with Crippen molar-refractivity contribution in [1.29, 1.82) is 0 Å². The number of phenols is 2. The maximum atomic E-state index is 10.3. The average molecular weight is 226 g/mol. The number of benzene rings is 1. The molecule has 0 aliphatic carbocycles. The van der Waals surface area contributed by atoms with Crippen LogP contribution in [0.25, 0.3) is 0 Å². The van der Waals surface area contributed by atoms with Crippen LogP contribution >= 0.6 is 23.5 Å². The molecular formula is C9H6O3S2. The molecule has 1 aliphatic heterocycles. The van der Waals surface area contributed by atoms with Crippen LogP contribution in [0.15, 0.2) is 32.2 Å². The Bertz CT molecular complexity index is 393. The third kappa shape index (κ3) is 1.49. The predicted molar refractivity (Wildman–Crippen MR) is 55.6 cm³/mol. The third-order valence-electron chi connectivity index (χ3n) is 1.68. The third-order valence-corrected chi connectivity index (χ3v) is 4.22. The van der Waals surface area contributed by atoms with Gasteiger partial charge >= 0.3 is 0 Å². The Morgan fingerprint density at radius 2 is 1.57 bits per heavy atom. The molecule has 0 unspecified atom stereocenters. The molecule has 5 heteroatoms. The number of carbonyl (C=O) groups excluding carboxylic acids is 1. The van der Waals surface area contributed by atoms with Gasteiger partial charge in [0.05, 0.1) is 14.0 Å². The molecule has 0 bridgehead atoms. The minimum Gasteiger partial charge on any atom is -0.507 e. The molecule has 3 nitrogen and oxygen atoms in total. The van der Waals surface area contributed by atoms with Crippen LogP contribution in [0.3, 0.4) is 0 Å². The number of carbonyl (C=O) groups is 1. The van der Waals surface area contributed by atoms with Crippen molar-refractivity contribution in [3.05, 3.63) is 22.4 Å². The van der Waals surface area contributed by atoms with Gasteiger partial charge in [0.25, 0.3) is 0 Å². The summed E-state index contributed by atoms with van der Waals surface area (Å²) in [4.78, 5) is 11.5. The number of thioether (sulfide) groups is 2. The van der Waals surface area contributed by atoms with Crippen molar-refractivity contribution in [2.75, 3.05) is 0 Å². The Hall–Kier alpha value is -1.07. The van der Waals surface area contributed by atoms with E-state index in [-0.39, 0.29) is 11.5 Å². The van der Waals surface area contributed by atoms with Crippen molar-refractivity contribution in [3.63, 3.8) is 0 Å². The second kappa shape index (κ2) is 3.59. The zero-order chi connectivity index (χ0) is 10.1. The summed E-state index contributed by atoms with van der Waals surface area (Å²) in [6, 6.07) is 2.87. The molecule has 0 atom stereocenters. The van der Waals surface area contributed by atoms with Gasteiger partial charge in [0.1, 0.15) is 17.8 Å². The molecule has 0 fully saturated rings. The van der Waals surface area contributed by atoms with E-state index in [4.69, 9.17) is 0 Å². The summed E-state index contributed by atoms with van der Waals surface area (Å²) < 4.78 is 0.756. The Morgan fingerprint density at radius 3 is 2.00 bits per heavy atom. The van der Waals surface area contributed by atoms with Gasteiger partial charge in [-0.2, -0.15) is 0 Å². The summed E-state index contributed by atoms with van der Waals surface area (Å²) in [6.45, 7) is 0. The maximum absolute atomic E-state index is 10.3. The quantitative estimate of drug-likeness (QED) is 0.437. The molecule has 14 heavy (non-hydrogen) atoms. The zero-order valence-corrected chi connectivity index (χ0v) is 8.56. The highest BCUT2D eigenvalue weighted by Crippen LogP contribution is 2.57. The van der Waals surface area contributed by atoms with Crippen LogP contribution in [-0.4, -0.2) is 16.5 Å². The van der Waals surface area contributed by atoms with Crippen molar-refractivity contribution in [2.24, 2.45) is 0 Å². The Morgan fingerprint density at radius 1 is 1.07 bits per heavy atom. The van der Waals surface area contributed by atoms with Gasteiger partial charge in [-0.1, -0.05) is 23.5 Å². The number of hydrogen-bond acceptors (Lipinski definition) is 5. The fourth-order valence-electron chi connectivity index (χ4n) is 1.08. The first kappa shape index (κ1) is 9.48. The van der Waals surface area contributed by atoms with E-state index in [2.05, 4.69) is 0 Å². The summed E-state index contributed by atoms with van der Waals surface area (Å²) in [6.07, 6.45) is 2.10. The molecule has 1 aromatic carbocycles. The lowest BCUT2D eigenvalue weighted by atomic mass is 10.3. The predicted octanol–water partition coefficient (Wildman–Crippen LogP) is 2.34. The van der Waals surface area contributed by atoms with Crippen molar-refractivity contribution < 1.29 is 15.0 Å². The van der Waals surface area contributed by atoms with E-state index in [1.54, 1.807) is 0 Å². The maximum Gasteiger partial charge on any atom is 0.144 e. The Labute approximate surface area is 88.8 Å². The molecule has 1 heterocycles. The van der Waals surface area contributed by atoms with E-state index < -0.39 is 0 Å². The summed E-state index contributed by atoms with van der Waals surface area (Å²) in [5.41, 5.74) is 0. The molecule has 2 N–H and O–H groups in total. The van der Waals surface area contributed by atoms with Crippen LogP contribution in [0, 0.1) is 0 Å². The van der Waals surface area contributed by atoms with Gasteiger partial charge < -0.3 is 10.2 Å². The molecule has 2 rings (SSSR count). The minimum absolute atomic E-state index is 0.129. The molecule has 0 saturated carbocycles. The summed E-state index contributed by atoms with van der Waals surface area (Å²) in [5, 5.41) is 19.0. The molecule has 0 aromatic heterocycles. The van der Waals surface area contributed by atoms with Gasteiger partial charge in [-0.05, 0) is 18.2 Å². The number of fused-ring (bicyclic) bond motifs is 1. The lowest BCUT2D eigenvalue weighted by molar-refractivity contribution is -0.104. The first-order valence-corrected chi connectivity index (χ1v) is 5.42. The van der Waals surface area contributed by atoms with E-state index >= 15 is 0 Å². The molecular weight excluding hydrogens is 220 g/mol. The van der Waals surface area contributed by atoms with Crippen molar-refractivity contribution in [3.8, 4) is 11.5 Å². The first-order chi connectivity index (χ1) is 6.72. The van der Waals surface area contributed by atoms with Crippen LogP contribution < -0.4 is 0 Å². The van der Waals surface area contributed by atoms with Crippen molar-refractivity contribution in [2.45, 2.75) is 9.79 Å². The standard InChI is InChI=1S/C9H6O3S2/c10-4-3-7-13-8-5(11)1-2-6(12)9(8)14-7/h1-4,11-12H. The number of rotatable bonds is 1. The van der Waals surface area contributed by atoms with Gasteiger partial charge in [-0.15, -0.1) is 0 Å². The van der Waals surface area contributed by atoms with Crippen LogP contribution in [0.4, 0.5) is 0 Å². The molecule has 0 radical (unpaired) electrons. The highest BCUT2D eigenvalue weighted by Gasteiger charge is 2.23. The van der Waals surface area contributed by atoms with Crippen LogP contribution in [-0.2, 0) is 4.79 Å². The Balaban J connectivity index is 2.48. The lowest BCUT2D eigenvalue weighted by Gasteiger charge is -2.00. The van der Waals surface area contributed by atoms with E-state index in [1.165, 1.54) is 41.7 Å². The smallest absolute Gasteiger partial charge is 0.144 e. The largest absolute Gasteiger partial charge is 0.507 e. The molecule has 0 spiro atoms. The first-order valence-electron chi connectivity index (χ1n) is 3.78. The number of aromatic hydroxyl groups is 2. The van der Waals surface area contributed by atoms with Gasteiger partial charge in [-0.3, -0.25) is 4.79 Å². The lowest BCUT2D eigenvalue weighted by Crippen LogP contribution is -1.73. The summed E-state index contributed by atoms with van der Waals surface area (Å²) in [5.74, 6) is 0.259. The van der Waals surface area contributed by atoms with E-state index in [9.17, 15) is 15.0 Å². The second-order valence-electron chi connectivity index (χ2n) is 2.59. The van der Waals surface area contributed by atoms with E-state index in [1.807, 2.05) is 0 Å². The highest BCUT2D eigenvalue weighted by atomic mass is 32.2. The number of aldehydes is 1. The molecule has 72 valence electrons. The summed E-state index contributed by atoms with van der Waals surface area (Å²) in [7, 11) is 0. The van der Waals surface area contributed by atoms with Crippen LogP contribution in [0.2, 0.25) is 0 Å². The average Bonchev–Trinajstić information content (AvgIpc) is 2.57. The fourth-order valence-corrected chi connectivity index (χ4v) is 3.39. The zero-order valence-electron chi connectivity index (χ0n) is 6.93. The minimum atomic E-state index is 0.129. The van der Waals surface area contributed by atoms with Gasteiger partial charge in [0.2, 0.25) is 0 Å². The normalized spacial score (nSPS) is 13.9. The van der Waals surface area contributed by atoms with E-state index in [0.29, 0.717) is 16.1 Å². The molecule has 1 aliphatic rings. The van der Waals surface area contributed by atoms with Crippen LogP contribution in [0.5, 0.6) is 11.5 Å². The van der Waals surface area contributed by atoms with Gasteiger partial charge in [0.15, 0.2) is 0 Å². The van der Waals surface area contributed by atoms with Crippen molar-refractivity contribution in [1.82, 2.24) is 0 Å². The Kier molecular flexibility index (Phi) is 2.43. The van der Waals surface area contributed by atoms with E-state index in [0.717, 1.165) is 4.24 Å². The highest BCUT2D eigenvalue weighted by molar-refractivity contribution is 8.24. The van der Waals surface area contributed by atoms with Crippen molar-refractivity contribution >= 4 is 29.8 Å². The molecule has 1 aromatic rings. The molecule has 0 saturated heterocycles. The van der Waals surface area contributed by atoms with Crippen LogP contribution in [0.1, 0.15) is 0 Å². The van der Waals surface area contributed by atoms with Gasteiger partial charge in [0, 0.05) is 0 Å². The SMILES string of the molecule is O=CC=C1Sc2c(O)ccc(O)c2S1. The summed E-state index contributed by atoms with van der Waals surface area (Å²) >= 11 is 2.57. The number of allylic oxidation sites excluding steroid dienone is 1. The topological polar surface area (TPSA) is 57.5 Å². The fraction of sp³-hybridized carbons (Fsp3) is 0. The number of phenolic OH excluding ortho intramolecular Hbond substituents is 2. The monoisotopic (exact) mass is 226 g/mol. The second-order valence-corrected chi connectivity index (χ2v) is 4.95. The number of hydrogen-bond donors (Lipinski definition) is 2. The molecule has 0 amide bonds.